The third kappa shape index (κ3) is 2.92. The monoisotopic (exact) mass is 348 g/mol. The van der Waals surface area contributed by atoms with E-state index in [4.69, 9.17) is 9.47 Å². The van der Waals surface area contributed by atoms with Crippen molar-refractivity contribution < 1.29 is 24.2 Å². The minimum Gasteiger partial charge on any atom is -0.461 e. The summed E-state index contributed by atoms with van der Waals surface area (Å²) in [6.45, 7) is 9.17. The van der Waals surface area contributed by atoms with E-state index in [1.807, 2.05) is 20.8 Å². The van der Waals surface area contributed by atoms with Crippen LogP contribution >= 0.6 is 0 Å². The zero-order chi connectivity index (χ0) is 18.5. The average Bonchev–Trinajstić information content (AvgIpc) is 3.03. The lowest BCUT2D eigenvalue weighted by Gasteiger charge is -2.34. The lowest BCUT2D eigenvalue weighted by molar-refractivity contribution is -0.152. The molecular formula is C20H28O5. The van der Waals surface area contributed by atoms with E-state index >= 15 is 0 Å². The Balaban J connectivity index is 1.99. The van der Waals surface area contributed by atoms with Crippen LogP contribution in [-0.2, 0) is 19.1 Å². The molecule has 1 saturated carbocycles. The normalized spacial score (nSPS) is 43.7. The highest BCUT2D eigenvalue weighted by atomic mass is 16.6. The van der Waals surface area contributed by atoms with Crippen molar-refractivity contribution in [3.63, 3.8) is 0 Å². The summed E-state index contributed by atoms with van der Waals surface area (Å²) >= 11 is 0. The van der Waals surface area contributed by atoms with Crippen LogP contribution in [0, 0.1) is 23.7 Å². The molecule has 0 aromatic heterocycles. The summed E-state index contributed by atoms with van der Waals surface area (Å²) in [4.78, 5) is 24.6. The number of carbonyl (C=O) groups excluding carboxylic acids is 2. The number of fused-ring (bicyclic) bond motifs is 3. The highest BCUT2D eigenvalue weighted by Crippen LogP contribution is 2.53. The topological polar surface area (TPSA) is 72.8 Å². The maximum absolute atomic E-state index is 12.3. The van der Waals surface area contributed by atoms with E-state index in [-0.39, 0.29) is 35.7 Å². The minimum absolute atomic E-state index is 0.0135. The Morgan fingerprint density at radius 3 is 2.80 bits per heavy atom. The van der Waals surface area contributed by atoms with Crippen molar-refractivity contribution in [1.29, 1.82) is 0 Å². The van der Waals surface area contributed by atoms with Gasteiger partial charge in [0.25, 0.3) is 0 Å². The molecule has 1 heterocycles. The molecule has 2 aliphatic carbocycles. The molecule has 0 spiro atoms. The van der Waals surface area contributed by atoms with Gasteiger partial charge in [0.2, 0.25) is 0 Å². The van der Waals surface area contributed by atoms with Gasteiger partial charge in [0.15, 0.2) is 0 Å². The van der Waals surface area contributed by atoms with Crippen LogP contribution < -0.4 is 0 Å². The molecule has 25 heavy (non-hydrogen) atoms. The van der Waals surface area contributed by atoms with Crippen LogP contribution in [0.3, 0.4) is 0 Å². The van der Waals surface area contributed by atoms with E-state index in [0.717, 1.165) is 12.0 Å². The van der Waals surface area contributed by atoms with Crippen LogP contribution in [0.4, 0.5) is 0 Å². The molecule has 7 atom stereocenters. The molecule has 3 rings (SSSR count). The molecule has 1 saturated heterocycles. The fraction of sp³-hybridized carbons (Fsp3) is 0.700. The van der Waals surface area contributed by atoms with Crippen molar-refractivity contribution in [2.24, 2.45) is 23.7 Å². The molecule has 3 aliphatic rings. The minimum atomic E-state index is -0.982. The van der Waals surface area contributed by atoms with E-state index < -0.39 is 17.7 Å². The van der Waals surface area contributed by atoms with Crippen LogP contribution in [0.2, 0.25) is 0 Å². The summed E-state index contributed by atoms with van der Waals surface area (Å²) in [5.41, 5.74) is 0.692. The van der Waals surface area contributed by atoms with Crippen molar-refractivity contribution in [2.45, 2.75) is 65.3 Å². The molecule has 1 N–H and O–H groups in total. The van der Waals surface area contributed by atoms with Crippen molar-refractivity contribution in [2.75, 3.05) is 0 Å². The van der Waals surface area contributed by atoms with Gasteiger partial charge in [-0.2, -0.15) is 0 Å². The summed E-state index contributed by atoms with van der Waals surface area (Å²) in [6.07, 6.45) is 4.03. The van der Waals surface area contributed by atoms with Crippen molar-refractivity contribution in [1.82, 2.24) is 0 Å². The lowest BCUT2D eigenvalue weighted by Crippen LogP contribution is -2.40. The third-order valence-corrected chi connectivity index (χ3v) is 6.44. The first kappa shape index (κ1) is 18.2. The maximum atomic E-state index is 12.3. The number of ether oxygens (including phenoxy) is 2. The average molecular weight is 348 g/mol. The fourth-order valence-corrected chi connectivity index (χ4v) is 4.81. The van der Waals surface area contributed by atoms with Crippen molar-refractivity contribution in [3.05, 3.63) is 23.3 Å². The first-order valence-corrected chi connectivity index (χ1v) is 9.10. The number of hydrogen-bond donors (Lipinski definition) is 1. The molecule has 0 amide bonds. The van der Waals surface area contributed by atoms with E-state index in [1.165, 1.54) is 0 Å². The Bertz CT molecular complexity index is 644. The summed E-state index contributed by atoms with van der Waals surface area (Å²) < 4.78 is 11.5. The Labute approximate surface area is 149 Å². The van der Waals surface area contributed by atoms with Crippen molar-refractivity contribution >= 4 is 11.9 Å². The Kier molecular flexibility index (Phi) is 4.56. The molecule has 0 radical (unpaired) electrons. The summed E-state index contributed by atoms with van der Waals surface area (Å²) in [5, 5.41) is 11.1. The van der Waals surface area contributed by atoms with Gasteiger partial charge < -0.3 is 14.6 Å². The number of hydrogen-bond acceptors (Lipinski definition) is 5. The molecule has 2 fully saturated rings. The van der Waals surface area contributed by atoms with E-state index in [1.54, 1.807) is 19.9 Å². The second kappa shape index (κ2) is 6.27. The highest BCUT2D eigenvalue weighted by Gasteiger charge is 2.59. The number of allylic oxidation sites excluding steroid dienone is 2. The Hall–Kier alpha value is -1.62. The molecule has 138 valence electrons. The fourth-order valence-electron chi connectivity index (χ4n) is 4.81. The van der Waals surface area contributed by atoms with E-state index in [9.17, 15) is 14.7 Å². The Morgan fingerprint density at radius 1 is 1.48 bits per heavy atom. The Morgan fingerprint density at radius 2 is 2.16 bits per heavy atom. The number of aliphatic hydroxyl groups is 1. The van der Waals surface area contributed by atoms with E-state index in [2.05, 4.69) is 6.08 Å². The molecule has 0 aromatic rings. The molecule has 1 aliphatic heterocycles. The van der Waals surface area contributed by atoms with Crippen LogP contribution in [0.25, 0.3) is 0 Å². The molecule has 1 unspecified atom stereocenters. The van der Waals surface area contributed by atoms with Gasteiger partial charge in [-0.15, -0.1) is 0 Å². The lowest BCUT2D eigenvalue weighted by atomic mass is 9.76. The maximum Gasteiger partial charge on any atom is 0.333 e. The van der Waals surface area contributed by atoms with Gasteiger partial charge in [-0.05, 0) is 34.1 Å². The van der Waals surface area contributed by atoms with Crippen LogP contribution in [0.1, 0.15) is 47.5 Å². The smallest absolute Gasteiger partial charge is 0.333 e. The van der Waals surface area contributed by atoms with Gasteiger partial charge in [-0.3, -0.25) is 4.79 Å². The quantitative estimate of drug-likeness (QED) is 0.472. The largest absolute Gasteiger partial charge is 0.461 e. The van der Waals surface area contributed by atoms with Gasteiger partial charge in [0.1, 0.15) is 12.2 Å². The van der Waals surface area contributed by atoms with Gasteiger partial charge in [0.05, 0.1) is 11.5 Å². The molecule has 5 heteroatoms. The zero-order valence-electron chi connectivity index (χ0n) is 15.6. The van der Waals surface area contributed by atoms with Gasteiger partial charge in [-0.25, -0.2) is 4.79 Å². The molecule has 5 nitrogen and oxygen atoms in total. The van der Waals surface area contributed by atoms with Crippen LogP contribution in [0.5, 0.6) is 0 Å². The third-order valence-electron chi connectivity index (χ3n) is 6.44. The second-order valence-corrected chi connectivity index (χ2v) is 8.06. The summed E-state index contributed by atoms with van der Waals surface area (Å²) in [7, 11) is 0. The second-order valence-electron chi connectivity index (χ2n) is 8.06. The van der Waals surface area contributed by atoms with Crippen LogP contribution in [-0.4, -0.2) is 34.9 Å². The van der Waals surface area contributed by atoms with E-state index in [0.29, 0.717) is 12.0 Å². The van der Waals surface area contributed by atoms with Gasteiger partial charge in [0, 0.05) is 29.7 Å². The zero-order valence-corrected chi connectivity index (χ0v) is 15.6. The van der Waals surface area contributed by atoms with Gasteiger partial charge >= 0.3 is 11.9 Å². The number of esters is 2. The van der Waals surface area contributed by atoms with Crippen LogP contribution in [0.15, 0.2) is 23.3 Å². The molecule has 0 bridgehead atoms. The predicted octanol–water partition coefficient (Wildman–Crippen LogP) is 2.78. The standard InChI is InChI=1S/C20H28O5/c1-6-10(2)18(21)24-14-9-20(5,23)13-8-7-11(3)15(13)17-16(14)12(4)19(22)25-17/h6-7,12-17,23H,8-9H2,1-5H3/b10-6+/t12?,13-,14-,15+,16-,17-,20-/m0/s1. The number of carbonyl (C=O) groups is 2. The molecular weight excluding hydrogens is 320 g/mol. The van der Waals surface area contributed by atoms with Gasteiger partial charge in [-0.1, -0.05) is 24.6 Å². The highest BCUT2D eigenvalue weighted by molar-refractivity contribution is 5.87. The predicted molar refractivity (Wildman–Crippen MR) is 92.4 cm³/mol. The first-order valence-electron chi connectivity index (χ1n) is 9.10. The number of rotatable bonds is 2. The summed E-state index contributed by atoms with van der Waals surface area (Å²) in [6, 6.07) is 0. The van der Waals surface area contributed by atoms with Crippen molar-refractivity contribution in [3.8, 4) is 0 Å². The molecule has 0 aromatic carbocycles. The first-order chi connectivity index (χ1) is 11.7. The SMILES string of the molecule is C/C=C(\C)C(=O)O[C@H]1C[C@](C)(O)[C@H]2CC=C(C)[C@H]2[C@@H]2OC(=O)C(C)[C@H]21. The summed E-state index contributed by atoms with van der Waals surface area (Å²) in [5.74, 6) is -1.25.